The maximum atomic E-state index is 13.0. The minimum Gasteiger partial charge on any atom is -0.497 e. The minimum absolute atomic E-state index is 0.146. The third-order valence-electron chi connectivity index (χ3n) is 6.51. The summed E-state index contributed by atoms with van der Waals surface area (Å²) in [6.07, 6.45) is 5.86. The average molecular weight is 425 g/mol. The Labute approximate surface area is 174 Å². The SMILES string of the molecule is COc1ccc(S(=O)(=O)N2CC[NH+]([C@H](C)C(=O)N(C)C3CCCCC3)CC2)cc1. The molecule has 0 aromatic heterocycles. The quantitative estimate of drug-likeness (QED) is 0.732. The molecule has 0 radical (unpaired) electrons. The maximum Gasteiger partial charge on any atom is 0.280 e. The minimum atomic E-state index is -3.52. The number of quaternary nitrogens is 1. The highest BCUT2D eigenvalue weighted by atomic mass is 32.2. The predicted octanol–water partition coefficient (Wildman–Crippen LogP) is 0.764. The summed E-state index contributed by atoms with van der Waals surface area (Å²) in [5, 5.41) is 0. The lowest BCUT2D eigenvalue weighted by molar-refractivity contribution is -0.918. The van der Waals surface area contributed by atoms with Crippen LogP contribution in [0.3, 0.4) is 0 Å². The van der Waals surface area contributed by atoms with E-state index in [9.17, 15) is 13.2 Å². The molecule has 1 aliphatic heterocycles. The number of nitrogens with one attached hydrogen (secondary N) is 1. The van der Waals surface area contributed by atoms with Gasteiger partial charge in [-0.1, -0.05) is 19.3 Å². The van der Waals surface area contributed by atoms with Crippen molar-refractivity contribution >= 4 is 15.9 Å². The number of sulfonamides is 1. The molecule has 1 N–H and O–H groups in total. The van der Waals surface area contributed by atoms with Gasteiger partial charge in [0, 0.05) is 13.1 Å². The van der Waals surface area contributed by atoms with Crippen molar-refractivity contribution in [2.45, 2.75) is 56.0 Å². The van der Waals surface area contributed by atoms with Gasteiger partial charge >= 0.3 is 0 Å². The van der Waals surface area contributed by atoms with Crippen LogP contribution in [0.5, 0.6) is 5.75 Å². The Hall–Kier alpha value is -1.64. The molecule has 2 aliphatic rings. The summed E-state index contributed by atoms with van der Waals surface area (Å²) in [6, 6.07) is 6.70. The van der Waals surface area contributed by atoms with Crippen LogP contribution < -0.4 is 9.64 Å². The molecule has 2 fully saturated rings. The topological polar surface area (TPSA) is 71.4 Å². The van der Waals surface area contributed by atoms with Crippen LogP contribution in [0, 0.1) is 0 Å². The van der Waals surface area contributed by atoms with E-state index in [1.165, 1.54) is 28.5 Å². The fourth-order valence-corrected chi connectivity index (χ4v) is 5.91. The van der Waals surface area contributed by atoms with Crippen LogP contribution in [0.25, 0.3) is 0 Å². The Morgan fingerprint density at radius 3 is 2.28 bits per heavy atom. The molecule has 8 heteroatoms. The zero-order valence-electron chi connectivity index (χ0n) is 17.8. The number of carbonyl (C=O) groups is 1. The predicted molar refractivity (Wildman–Crippen MR) is 112 cm³/mol. The van der Waals surface area contributed by atoms with E-state index in [-0.39, 0.29) is 16.8 Å². The van der Waals surface area contributed by atoms with Crippen molar-refractivity contribution in [3.8, 4) is 5.75 Å². The van der Waals surface area contributed by atoms with E-state index >= 15 is 0 Å². The van der Waals surface area contributed by atoms with Crippen LogP contribution in [0.2, 0.25) is 0 Å². The van der Waals surface area contributed by atoms with Gasteiger partial charge < -0.3 is 14.5 Å². The van der Waals surface area contributed by atoms with E-state index in [0.717, 1.165) is 12.8 Å². The summed E-state index contributed by atoms with van der Waals surface area (Å²) in [5.74, 6) is 0.811. The Morgan fingerprint density at radius 2 is 1.72 bits per heavy atom. The molecule has 1 aliphatic carbocycles. The van der Waals surface area contributed by atoms with E-state index in [1.54, 1.807) is 31.4 Å². The van der Waals surface area contributed by atoms with Gasteiger partial charge in [-0.3, -0.25) is 4.79 Å². The molecule has 0 spiro atoms. The smallest absolute Gasteiger partial charge is 0.280 e. The monoisotopic (exact) mass is 424 g/mol. The average Bonchev–Trinajstić information content (AvgIpc) is 2.78. The van der Waals surface area contributed by atoms with Gasteiger partial charge in [0.05, 0.1) is 38.2 Å². The summed E-state index contributed by atoms with van der Waals surface area (Å²) in [6.45, 7) is 4.11. The molecule has 29 heavy (non-hydrogen) atoms. The zero-order chi connectivity index (χ0) is 21.0. The van der Waals surface area contributed by atoms with Gasteiger partial charge in [0.15, 0.2) is 6.04 Å². The lowest BCUT2D eigenvalue weighted by Crippen LogP contribution is -3.19. The van der Waals surface area contributed by atoms with Crippen LogP contribution >= 0.6 is 0 Å². The second-order valence-electron chi connectivity index (χ2n) is 8.20. The molecule has 1 atom stereocenters. The van der Waals surface area contributed by atoms with E-state index in [4.69, 9.17) is 4.74 Å². The molecule has 1 aromatic carbocycles. The number of carbonyl (C=O) groups excluding carboxylic acids is 1. The summed E-state index contributed by atoms with van der Waals surface area (Å²) in [4.78, 5) is 16.4. The van der Waals surface area contributed by atoms with E-state index in [2.05, 4.69) is 0 Å². The molecule has 7 nitrogen and oxygen atoms in total. The van der Waals surface area contributed by atoms with Gasteiger partial charge in [-0.05, 0) is 44.0 Å². The van der Waals surface area contributed by atoms with E-state index in [0.29, 0.717) is 38.0 Å². The molecule has 1 amide bonds. The number of piperazine rings is 1. The first kappa shape index (κ1) is 22.1. The van der Waals surface area contributed by atoms with Crippen molar-refractivity contribution in [1.29, 1.82) is 0 Å². The summed E-state index contributed by atoms with van der Waals surface area (Å²) in [5.41, 5.74) is 0. The molecule has 162 valence electrons. The Balaban J connectivity index is 1.58. The summed E-state index contributed by atoms with van der Waals surface area (Å²) in [7, 11) is -0.0363. The Bertz CT molecular complexity index is 783. The van der Waals surface area contributed by atoms with Gasteiger partial charge in [-0.15, -0.1) is 0 Å². The zero-order valence-corrected chi connectivity index (χ0v) is 18.6. The summed E-state index contributed by atoms with van der Waals surface area (Å²) < 4.78 is 32.5. The highest BCUT2D eigenvalue weighted by molar-refractivity contribution is 7.89. The lowest BCUT2D eigenvalue weighted by Gasteiger charge is -2.37. The van der Waals surface area contributed by atoms with Gasteiger partial charge in [-0.2, -0.15) is 4.31 Å². The first-order valence-electron chi connectivity index (χ1n) is 10.6. The van der Waals surface area contributed by atoms with Crippen molar-refractivity contribution < 1.29 is 22.8 Å². The lowest BCUT2D eigenvalue weighted by atomic mass is 9.94. The van der Waals surface area contributed by atoms with Crippen LogP contribution in [-0.4, -0.2) is 76.0 Å². The Kier molecular flexibility index (Phi) is 7.19. The normalized spacial score (nSPS) is 20.9. The first-order chi connectivity index (χ1) is 13.8. The van der Waals surface area contributed by atoms with Gasteiger partial charge in [0.2, 0.25) is 10.0 Å². The summed E-state index contributed by atoms with van der Waals surface area (Å²) >= 11 is 0. The molecule has 3 rings (SSSR count). The van der Waals surface area contributed by atoms with Crippen molar-refractivity contribution in [3.05, 3.63) is 24.3 Å². The molecule has 1 aromatic rings. The number of likely N-dealkylation sites (N-methyl/N-ethyl adjacent to an activating group) is 1. The number of benzene rings is 1. The molecular formula is C21H34N3O4S+. The highest BCUT2D eigenvalue weighted by Gasteiger charge is 2.36. The fourth-order valence-electron chi connectivity index (χ4n) is 4.47. The van der Waals surface area contributed by atoms with Crippen molar-refractivity contribution in [1.82, 2.24) is 9.21 Å². The largest absolute Gasteiger partial charge is 0.497 e. The van der Waals surface area contributed by atoms with Gasteiger partial charge in [-0.25, -0.2) is 8.42 Å². The maximum absolute atomic E-state index is 13.0. The first-order valence-corrected chi connectivity index (χ1v) is 12.0. The number of ether oxygens (including phenoxy) is 1. The molecule has 1 saturated carbocycles. The fraction of sp³-hybridized carbons (Fsp3) is 0.667. The number of hydrogen-bond donors (Lipinski definition) is 1. The molecule has 1 heterocycles. The molecule has 1 saturated heterocycles. The van der Waals surface area contributed by atoms with Crippen LogP contribution in [0.15, 0.2) is 29.2 Å². The highest BCUT2D eigenvalue weighted by Crippen LogP contribution is 2.22. The van der Waals surface area contributed by atoms with Crippen LogP contribution in [0.4, 0.5) is 0 Å². The second kappa shape index (κ2) is 9.45. The third-order valence-corrected chi connectivity index (χ3v) is 8.43. The number of nitrogens with zero attached hydrogens (tertiary/aromatic N) is 2. The second-order valence-corrected chi connectivity index (χ2v) is 10.1. The van der Waals surface area contributed by atoms with Crippen LogP contribution in [0.1, 0.15) is 39.0 Å². The van der Waals surface area contributed by atoms with Crippen molar-refractivity contribution in [2.24, 2.45) is 0 Å². The Morgan fingerprint density at radius 1 is 1.14 bits per heavy atom. The standard InChI is InChI=1S/C21H33N3O4S/c1-17(21(25)22(2)18-7-5-4-6-8-18)23-13-15-24(16-14-23)29(26,27)20-11-9-19(28-3)10-12-20/h9-12,17-18H,4-8,13-16H2,1-3H3/p+1/t17-/m1/s1. The van der Waals surface area contributed by atoms with Crippen molar-refractivity contribution in [2.75, 3.05) is 40.3 Å². The van der Waals surface area contributed by atoms with Crippen LogP contribution in [-0.2, 0) is 14.8 Å². The number of amides is 1. The number of rotatable bonds is 6. The van der Waals surface area contributed by atoms with Gasteiger partial charge in [0.1, 0.15) is 5.75 Å². The van der Waals surface area contributed by atoms with E-state index in [1.807, 2.05) is 18.9 Å². The molecule has 0 unspecified atom stereocenters. The molecule has 0 bridgehead atoms. The van der Waals surface area contributed by atoms with E-state index < -0.39 is 10.0 Å². The number of hydrogen-bond acceptors (Lipinski definition) is 4. The van der Waals surface area contributed by atoms with Gasteiger partial charge in [0.25, 0.3) is 5.91 Å². The number of methoxy groups -OCH3 is 1. The molecular weight excluding hydrogens is 390 g/mol. The van der Waals surface area contributed by atoms with Crippen molar-refractivity contribution in [3.63, 3.8) is 0 Å². The third kappa shape index (κ3) is 4.92.